The maximum Gasteiger partial charge on any atom is 0.131 e. The summed E-state index contributed by atoms with van der Waals surface area (Å²) in [7, 11) is 1.16. The first-order chi connectivity index (χ1) is 12.3. The van der Waals surface area contributed by atoms with E-state index in [0.717, 1.165) is 12.1 Å². The van der Waals surface area contributed by atoms with Crippen LogP contribution in [0.15, 0.2) is 50.6 Å². The smallest absolute Gasteiger partial charge is 0.131 e. The van der Waals surface area contributed by atoms with Crippen LogP contribution in [0.4, 0.5) is 5.69 Å². The van der Waals surface area contributed by atoms with E-state index in [4.69, 9.17) is 16.3 Å². The van der Waals surface area contributed by atoms with Crippen molar-refractivity contribution in [2.45, 2.75) is 18.7 Å². The van der Waals surface area contributed by atoms with Crippen molar-refractivity contribution in [3.8, 4) is 11.5 Å². The molecule has 26 heavy (non-hydrogen) atoms. The Hall–Kier alpha value is -2.05. The molecule has 2 aromatic rings. The van der Waals surface area contributed by atoms with Crippen molar-refractivity contribution < 1.29 is 8.95 Å². The van der Waals surface area contributed by atoms with Gasteiger partial charge in [-0.15, -0.1) is 0 Å². The van der Waals surface area contributed by atoms with E-state index in [9.17, 15) is 4.21 Å². The van der Waals surface area contributed by atoms with Gasteiger partial charge in [-0.25, -0.2) is 13.6 Å². The number of hydrogen-bond donors (Lipinski definition) is 0. The molecule has 0 amide bonds. The van der Waals surface area contributed by atoms with Gasteiger partial charge in [0, 0.05) is 37.9 Å². The third kappa shape index (κ3) is 4.99. The average molecular weight is 394 g/mol. The van der Waals surface area contributed by atoms with Crippen molar-refractivity contribution in [3.05, 3.63) is 47.0 Å². The lowest BCUT2D eigenvalue weighted by atomic mass is 10.2. The first-order valence-electron chi connectivity index (χ1n) is 8.19. The van der Waals surface area contributed by atoms with Crippen LogP contribution in [0.25, 0.3) is 0 Å². The molecule has 0 N–H and O–H groups in total. The normalized spacial score (nSPS) is 13.5. The third-order valence-corrected chi connectivity index (χ3v) is 6.12. The van der Waals surface area contributed by atoms with E-state index in [1.54, 1.807) is 50.0 Å². The standard InChI is InChI=1S/C19H24ClN3O2S/c1-6-23(4)13-22-18-11-14(2)19(12-17(18)20)25-15-7-9-16(10-8-15)26(5,24)21-3/h7-13H,6H2,1-5H3/b22-13-. The minimum atomic E-state index is -2.35. The van der Waals surface area contributed by atoms with Crippen LogP contribution in [0.3, 0.4) is 0 Å². The Morgan fingerprint density at radius 1 is 1.27 bits per heavy atom. The topological polar surface area (TPSA) is 54.3 Å². The van der Waals surface area contributed by atoms with E-state index in [1.165, 1.54) is 0 Å². The molecule has 0 bridgehead atoms. The van der Waals surface area contributed by atoms with Gasteiger partial charge in [-0.2, -0.15) is 0 Å². The zero-order chi connectivity index (χ0) is 19.3. The molecule has 0 fully saturated rings. The van der Waals surface area contributed by atoms with Gasteiger partial charge >= 0.3 is 0 Å². The highest BCUT2D eigenvalue weighted by Gasteiger charge is 2.09. The molecule has 0 saturated heterocycles. The predicted molar refractivity (Wildman–Crippen MR) is 110 cm³/mol. The fourth-order valence-electron chi connectivity index (χ4n) is 2.09. The van der Waals surface area contributed by atoms with E-state index < -0.39 is 9.73 Å². The molecule has 0 aliphatic rings. The summed E-state index contributed by atoms with van der Waals surface area (Å²) in [5.74, 6) is 1.30. The number of hydrogen-bond acceptors (Lipinski definition) is 4. The van der Waals surface area contributed by atoms with Crippen LogP contribution in [0.5, 0.6) is 11.5 Å². The number of aliphatic imine (C=N–C) groups is 1. The van der Waals surface area contributed by atoms with Crippen molar-refractivity contribution in [2.75, 3.05) is 26.9 Å². The van der Waals surface area contributed by atoms with Gasteiger partial charge in [-0.1, -0.05) is 11.6 Å². The Morgan fingerprint density at radius 2 is 1.92 bits per heavy atom. The molecule has 0 aromatic heterocycles. The van der Waals surface area contributed by atoms with Crippen molar-refractivity contribution in [1.82, 2.24) is 4.90 Å². The Labute approximate surface area is 160 Å². The molecule has 1 atom stereocenters. The summed E-state index contributed by atoms with van der Waals surface area (Å²) in [5.41, 5.74) is 1.62. The highest BCUT2D eigenvalue weighted by atomic mass is 35.5. The Morgan fingerprint density at radius 3 is 2.50 bits per heavy atom. The largest absolute Gasteiger partial charge is 0.457 e. The first kappa shape index (κ1) is 20.3. The maximum atomic E-state index is 12.3. The Balaban J connectivity index is 2.24. The summed E-state index contributed by atoms with van der Waals surface area (Å²) in [5, 5.41) is 0.518. The Kier molecular flexibility index (Phi) is 6.67. The fraction of sp³-hybridized carbons (Fsp3) is 0.316. The second-order valence-electron chi connectivity index (χ2n) is 5.95. The summed E-state index contributed by atoms with van der Waals surface area (Å²) >= 11 is 6.34. The number of halogens is 1. The molecule has 7 heteroatoms. The van der Waals surface area contributed by atoms with E-state index >= 15 is 0 Å². The second-order valence-corrected chi connectivity index (χ2v) is 8.79. The lowest BCUT2D eigenvalue weighted by molar-refractivity contribution is 0.478. The van der Waals surface area contributed by atoms with Gasteiger partial charge in [0.1, 0.15) is 11.5 Å². The second kappa shape index (κ2) is 8.56. The minimum absolute atomic E-state index is 0.518. The average Bonchev–Trinajstić information content (AvgIpc) is 2.63. The van der Waals surface area contributed by atoms with Gasteiger partial charge in [0.05, 0.1) is 26.8 Å². The molecule has 140 valence electrons. The van der Waals surface area contributed by atoms with Gasteiger partial charge in [-0.05, 0) is 49.7 Å². The van der Waals surface area contributed by atoms with Gasteiger partial charge < -0.3 is 9.64 Å². The molecule has 0 radical (unpaired) electrons. The molecule has 2 rings (SSSR count). The van der Waals surface area contributed by atoms with Crippen LogP contribution < -0.4 is 4.74 Å². The van der Waals surface area contributed by atoms with Gasteiger partial charge in [0.15, 0.2) is 0 Å². The lowest BCUT2D eigenvalue weighted by Crippen LogP contribution is -2.14. The molecule has 0 aliphatic carbocycles. The van der Waals surface area contributed by atoms with Crippen molar-refractivity contribution in [3.63, 3.8) is 0 Å². The zero-order valence-corrected chi connectivity index (χ0v) is 17.3. The van der Waals surface area contributed by atoms with Gasteiger partial charge in [0.25, 0.3) is 0 Å². The third-order valence-electron chi connectivity index (χ3n) is 3.97. The number of benzene rings is 2. The molecular weight excluding hydrogens is 370 g/mol. The van der Waals surface area contributed by atoms with Crippen molar-refractivity contribution in [1.29, 1.82) is 0 Å². The number of ether oxygens (including phenoxy) is 1. The Bertz CT molecular complexity index is 917. The van der Waals surface area contributed by atoms with Crippen LogP contribution in [0, 0.1) is 6.92 Å². The minimum Gasteiger partial charge on any atom is -0.457 e. The monoisotopic (exact) mass is 393 g/mol. The summed E-state index contributed by atoms with van der Waals surface area (Å²) in [6.45, 7) is 4.86. The summed E-state index contributed by atoms with van der Waals surface area (Å²) in [6.07, 6.45) is 3.36. The lowest BCUT2D eigenvalue weighted by Gasteiger charge is -2.12. The van der Waals surface area contributed by atoms with E-state index in [1.807, 2.05) is 31.9 Å². The summed E-state index contributed by atoms with van der Waals surface area (Å²) in [6, 6.07) is 10.7. The molecule has 0 aliphatic heterocycles. The molecule has 0 spiro atoms. The first-order valence-corrected chi connectivity index (χ1v) is 10.5. The number of rotatable bonds is 6. The fourth-order valence-corrected chi connectivity index (χ4v) is 3.15. The highest BCUT2D eigenvalue weighted by Crippen LogP contribution is 2.35. The van der Waals surface area contributed by atoms with E-state index in [2.05, 4.69) is 9.36 Å². The van der Waals surface area contributed by atoms with Gasteiger partial charge in [-0.3, -0.25) is 0 Å². The van der Waals surface area contributed by atoms with Crippen LogP contribution >= 0.6 is 11.6 Å². The number of nitrogens with zero attached hydrogens (tertiary/aromatic N) is 3. The van der Waals surface area contributed by atoms with Crippen molar-refractivity contribution >= 4 is 33.4 Å². The van der Waals surface area contributed by atoms with Crippen LogP contribution in [-0.2, 0) is 9.73 Å². The van der Waals surface area contributed by atoms with Crippen LogP contribution in [-0.4, -0.2) is 42.3 Å². The quantitative estimate of drug-likeness (QED) is 0.504. The number of aryl methyl sites for hydroxylation is 1. The zero-order valence-electron chi connectivity index (χ0n) is 15.7. The molecule has 2 aromatic carbocycles. The molecule has 5 nitrogen and oxygen atoms in total. The van der Waals surface area contributed by atoms with Crippen LogP contribution in [0.2, 0.25) is 5.02 Å². The predicted octanol–water partition coefficient (Wildman–Crippen LogP) is 5.14. The van der Waals surface area contributed by atoms with Crippen molar-refractivity contribution in [2.24, 2.45) is 9.36 Å². The molecular formula is C19H24ClN3O2S. The molecule has 0 saturated carbocycles. The molecule has 1 unspecified atom stereocenters. The summed E-state index contributed by atoms with van der Waals surface area (Å²) < 4.78 is 22.1. The maximum absolute atomic E-state index is 12.3. The summed E-state index contributed by atoms with van der Waals surface area (Å²) in [4.78, 5) is 7.04. The van der Waals surface area contributed by atoms with E-state index in [0.29, 0.717) is 27.1 Å². The highest BCUT2D eigenvalue weighted by molar-refractivity contribution is 7.93. The molecule has 0 heterocycles. The SMILES string of the molecule is CCN(C)/C=N\c1cc(C)c(Oc2ccc(S(C)(=O)=NC)cc2)cc1Cl. The van der Waals surface area contributed by atoms with E-state index in [-0.39, 0.29) is 0 Å². The van der Waals surface area contributed by atoms with Crippen LogP contribution in [0.1, 0.15) is 12.5 Å². The van der Waals surface area contributed by atoms with Gasteiger partial charge in [0.2, 0.25) is 0 Å².